The smallest absolute Gasteiger partial charge is 0.0801 e. The molecule has 2 saturated heterocycles. The Morgan fingerprint density at radius 3 is 1.32 bits per heavy atom. The van der Waals surface area contributed by atoms with Gasteiger partial charge in [0.2, 0.25) is 0 Å². The van der Waals surface area contributed by atoms with Crippen LogP contribution in [0.2, 0.25) is 0 Å². The molecular formula is C28H38Cl4N6O2. The van der Waals surface area contributed by atoms with E-state index in [1.807, 2.05) is 12.4 Å². The second-order valence-electron chi connectivity index (χ2n) is 9.50. The van der Waals surface area contributed by atoms with Gasteiger partial charge in [-0.05, 0) is 12.1 Å². The van der Waals surface area contributed by atoms with E-state index in [1.54, 1.807) is 0 Å². The topological polar surface area (TPSA) is 74.8 Å². The van der Waals surface area contributed by atoms with E-state index in [4.69, 9.17) is 19.4 Å². The van der Waals surface area contributed by atoms with Crippen LogP contribution < -0.4 is 10.6 Å². The molecule has 0 unspecified atom stereocenters. The van der Waals surface area contributed by atoms with Crippen molar-refractivity contribution in [1.82, 2.24) is 19.8 Å². The van der Waals surface area contributed by atoms with Crippen molar-refractivity contribution in [2.45, 2.75) is 0 Å². The van der Waals surface area contributed by atoms with Crippen molar-refractivity contribution in [3.8, 4) is 0 Å². The van der Waals surface area contributed by atoms with Crippen molar-refractivity contribution in [2.24, 2.45) is 0 Å². The molecule has 0 aliphatic carbocycles. The summed E-state index contributed by atoms with van der Waals surface area (Å²) in [6, 6.07) is 12.9. The first-order valence-corrected chi connectivity index (χ1v) is 13.0. The maximum absolute atomic E-state index is 5.46. The molecule has 0 saturated carbocycles. The van der Waals surface area contributed by atoms with Gasteiger partial charge in [-0.1, -0.05) is 24.3 Å². The summed E-state index contributed by atoms with van der Waals surface area (Å²) < 4.78 is 10.9. The highest BCUT2D eigenvalue weighted by Crippen LogP contribution is 2.34. The minimum absolute atomic E-state index is 0. The van der Waals surface area contributed by atoms with Crippen molar-refractivity contribution in [2.75, 3.05) is 89.4 Å². The van der Waals surface area contributed by atoms with E-state index in [0.29, 0.717) is 0 Å². The van der Waals surface area contributed by atoms with Crippen molar-refractivity contribution < 1.29 is 9.47 Å². The molecule has 2 aliphatic heterocycles. The number of pyridine rings is 2. The number of morpholine rings is 2. The zero-order chi connectivity index (χ0) is 24.2. The maximum Gasteiger partial charge on any atom is 0.0801 e. The second kappa shape index (κ2) is 16.5. The number of hydrogen-bond donors (Lipinski definition) is 2. The largest absolute Gasteiger partial charge is 0.383 e. The zero-order valence-electron chi connectivity index (χ0n) is 22.3. The molecule has 2 N–H and O–H groups in total. The minimum Gasteiger partial charge on any atom is -0.383 e. The van der Waals surface area contributed by atoms with Gasteiger partial charge in [-0.3, -0.25) is 19.8 Å². The third kappa shape index (κ3) is 7.69. The lowest BCUT2D eigenvalue weighted by Gasteiger charge is -2.26. The third-order valence-electron chi connectivity index (χ3n) is 7.31. The van der Waals surface area contributed by atoms with Crippen LogP contribution >= 0.6 is 49.6 Å². The molecule has 12 heteroatoms. The molecule has 0 spiro atoms. The van der Waals surface area contributed by atoms with Crippen LogP contribution in [0.1, 0.15) is 0 Å². The Hall–Kier alpha value is -1.88. The Morgan fingerprint density at radius 2 is 0.925 bits per heavy atom. The predicted molar refractivity (Wildman–Crippen MR) is 175 cm³/mol. The number of aromatic nitrogens is 2. The van der Waals surface area contributed by atoms with Crippen molar-refractivity contribution in [1.29, 1.82) is 0 Å². The minimum atomic E-state index is 0. The van der Waals surface area contributed by atoms with Crippen LogP contribution in [0.5, 0.6) is 0 Å². The summed E-state index contributed by atoms with van der Waals surface area (Å²) in [6.45, 7) is 11.2. The molecule has 2 aromatic carbocycles. The maximum atomic E-state index is 5.46. The molecule has 4 aromatic rings. The number of ether oxygens (including phenoxy) is 2. The third-order valence-corrected chi connectivity index (χ3v) is 7.31. The van der Waals surface area contributed by atoms with Gasteiger partial charge in [0.25, 0.3) is 0 Å². The first-order valence-electron chi connectivity index (χ1n) is 13.0. The Balaban J connectivity index is 0.00000140. The molecule has 6 rings (SSSR count). The van der Waals surface area contributed by atoms with Crippen LogP contribution in [-0.2, 0) is 9.47 Å². The Labute approximate surface area is 260 Å². The average Bonchev–Trinajstić information content (AvgIpc) is 2.94. The van der Waals surface area contributed by atoms with E-state index in [-0.39, 0.29) is 49.6 Å². The molecule has 0 atom stereocenters. The van der Waals surface area contributed by atoms with Crippen LogP contribution in [0.15, 0.2) is 48.8 Å². The van der Waals surface area contributed by atoms with Crippen LogP contribution in [0.3, 0.4) is 0 Å². The van der Waals surface area contributed by atoms with Gasteiger partial charge in [-0.15, -0.1) is 49.6 Å². The predicted octanol–water partition coefficient (Wildman–Crippen LogP) is 5.11. The fourth-order valence-electron chi connectivity index (χ4n) is 5.29. The number of nitrogens with one attached hydrogen (secondary N) is 2. The standard InChI is InChI=1S/C28H34N6O2.4ClH/c1-3-23-25(29-9-11-33-13-17-35-18-14-33)5-8-32-28(23)22-2-4-24-26(6-7-31-27(24)21(1)22)30-10-12-34-15-19-36-20-16-34;;;;/h1-8H,9-20H2,(H,30,31)(H,29,32);4*1H. The Morgan fingerprint density at radius 1 is 0.550 bits per heavy atom. The van der Waals surface area contributed by atoms with Gasteiger partial charge in [0.15, 0.2) is 0 Å². The molecule has 220 valence electrons. The van der Waals surface area contributed by atoms with Crippen molar-refractivity contribution >= 4 is 93.6 Å². The molecule has 8 nitrogen and oxygen atoms in total. The Bertz CT molecular complexity index is 1250. The quantitative estimate of drug-likeness (QED) is 0.260. The molecule has 0 radical (unpaired) electrons. The van der Waals surface area contributed by atoms with Gasteiger partial charge in [0.05, 0.1) is 37.5 Å². The summed E-state index contributed by atoms with van der Waals surface area (Å²) in [6.07, 6.45) is 3.81. The summed E-state index contributed by atoms with van der Waals surface area (Å²) in [5, 5.41) is 11.8. The van der Waals surface area contributed by atoms with E-state index < -0.39 is 0 Å². The molecule has 40 heavy (non-hydrogen) atoms. The molecule has 2 aliphatic rings. The lowest BCUT2D eigenvalue weighted by atomic mass is 10.0. The van der Waals surface area contributed by atoms with E-state index >= 15 is 0 Å². The summed E-state index contributed by atoms with van der Waals surface area (Å²) in [5.41, 5.74) is 4.28. The number of nitrogens with zero attached hydrogens (tertiary/aromatic N) is 4. The molecule has 0 bridgehead atoms. The monoisotopic (exact) mass is 630 g/mol. The highest BCUT2D eigenvalue weighted by molar-refractivity contribution is 6.18. The first kappa shape index (κ1) is 34.3. The van der Waals surface area contributed by atoms with Crippen LogP contribution in [0, 0.1) is 0 Å². The van der Waals surface area contributed by atoms with Crippen LogP contribution in [-0.4, -0.2) is 98.6 Å². The zero-order valence-corrected chi connectivity index (χ0v) is 25.6. The fourth-order valence-corrected chi connectivity index (χ4v) is 5.29. The lowest BCUT2D eigenvalue weighted by molar-refractivity contribution is 0.0398. The van der Waals surface area contributed by atoms with E-state index in [2.05, 4.69) is 56.8 Å². The molecular weight excluding hydrogens is 594 g/mol. The number of benzene rings is 2. The van der Waals surface area contributed by atoms with E-state index in [1.165, 1.54) is 0 Å². The van der Waals surface area contributed by atoms with Gasteiger partial charge >= 0.3 is 0 Å². The summed E-state index contributed by atoms with van der Waals surface area (Å²) in [7, 11) is 0. The van der Waals surface area contributed by atoms with Crippen molar-refractivity contribution in [3.63, 3.8) is 0 Å². The van der Waals surface area contributed by atoms with Gasteiger partial charge < -0.3 is 20.1 Å². The highest BCUT2D eigenvalue weighted by atomic mass is 35.5. The average molecular weight is 632 g/mol. The van der Waals surface area contributed by atoms with Gasteiger partial charge in [0, 0.05) is 97.7 Å². The lowest BCUT2D eigenvalue weighted by Crippen LogP contribution is -2.39. The van der Waals surface area contributed by atoms with Gasteiger partial charge in [-0.2, -0.15) is 0 Å². The second-order valence-corrected chi connectivity index (χ2v) is 9.50. The first-order chi connectivity index (χ1) is 17.9. The van der Waals surface area contributed by atoms with Crippen molar-refractivity contribution in [3.05, 3.63) is 48.8 Å². The molecule has 2 aromatic heterocycles. The van der Waals surface area contributed by atoms with Gasteiger partial charge in [-0.25, -0.2) is 0 Å². The Kier molecular flexibility index (Phi) is 14.2. The number of rotatable bonds is 8. The summed E-state index contributed by atoms with van der Waals surface area (Å²) in [5.74, 6) is 0. The summed E-state index contributed by atoms with van der Waals surface area (Å²) in [4.78, 5) is 14.4. The summed E-state index contributed by atoms with van der Waals surface area (Å²) >= 11 is 0. The normalized spacial score (nSPS) is 15.9. The van der Waals surface area contributed by atoms with E-state index in [0.717, 1.165) is 123 Å². The van der Waals surface area contributed by atoms with Crippen LogP contribution in [0.4, 0.5) is 11.4 Å². The molecule has 2 fully saturated rings. The number of halogens is 4. The fraction of sp³-hybridized carbons (Fsp3) is 0.429. The molecule has 0 amide bonds. The molecule has 4 heterocycles. The number of anilines is 2. The van der Waals surface area contributed by atoms with E-state index in [9.17, 15) is 0 Å². The van der Waals surface area contributed by atoms with Crippen LogP contribution in [0.25, 0.3) is 32.6 Å². The number of fused-ring (bicyclic) bond motifs is 5. The SMILES string of the molecule is Cl.Cl.Cl.Cl.c1cc(NCCN2CCOCC2)c2ccc3c(ccc4c(NCCN5CCOCC5)ccnc43)c2n1. The number of hydrogen-bond acceptors (Lipinski definition) is 8. The highest BCUT2D eigenvalue weighted by Gasteiger charge is 2.13. The van der Waals surface area contributed by atoms with Gasteiger partial charge in [0.1, 0.15) is 0 Å².